The van der Waals surface area contributed by atoms with Gasteiger partial charge in [-0.2, -0.15) is 0 Å². The molecule has 0 amide bonds. The minimum absolute atomic E-state index is 0.0254. The number of ether oxygens (including phenoxy) is 1. The Kier molecular flexibility index (Phi) is 2.88. The van der Waals surface area contributed by atoms with Crippen LogP contribution >= 0.6 is 0 Å². The van der Waals surface area contributed by atoms with Crippen LogP contribution in [-0.2, 0) is 4.74 Å². The first-order valence-corrected chi connectivity index (χ1v) is 3.45. The van der Waals surface area contributed by atoms with Crippen molar-refractivity contribution in [2.45, 2.75) is 24.4 Å². The van der Waals surface area contributed by atoms with E-state index in [0.717, 1.165) is 0 Å². The largest absolute Gasteiger partial charge is 0.388 e. The molecule has 2 N–H and O–H groups in total. The maximum Gasteiger partial charge on any atom is 0.109 e. The second-order valence-corrected chi connectivity index (χ2v) is 2.53. The highest BCUT2D eigenvalue weighted by molar-refractivity contribution is 4.92. The molecule has 2 radical (unpaired) electrons. The lowest BCUT2D eigenvalue weighted by Gasteiger charge is -2.10. The summed E-state index contributed by atoms with van der Waals surface area (Å²) in [6.45, 7) is 5.24. The highest BCUT2D eigenvalue weighted by Gasteiger charge is 2.39. The van der Waals surface area contributed by atoms with Gasteiger partial charge in [-0.3, -0.25) is 0 Å². The smallest absolute Gasteiger partial charge is 0.109 e. The van der Waals surface area contributed by atoms with Crippen molar-refractivity contribution in [2.75, 3.05) is 6.54 Å². The summed E-state index contributed by atoms with van der Waals surface area (Å²) < 4.78 is 4.90. The summed E-state index contributed by atoms with van der Waals surface area (Å²) in [6.07, 6.45) is -3.79. The Bertz CT molecular complexity index is 204. The summed E-state index contributed by atoms with van der Waals surface area (Å²) in [6, 6.07) is 0. The van der Waals surface area contributed by atoms with Crippen LogP contribution in [0.5, 0.6) is 0 Å². The lowest BCUT2D eigenvalue weighted by Crippen LogP contribution is -2.32. The summed E-state index contributed by atoms with van der Waals surface area (Å²) in [5.41, 5.74) is 7.97. The molecule has 1 aliphatic rings. The third kappa shape index (κ3) is 1.67. The van der Waals surface area contributed by atoms with Gasteiger partial charge in [0.15, 0.2) is 0 Å². The van der Waals surface area contributed by atoms with Crippen LogP contribution < -0.4 is 0 Å². The van der Waals surface area contributed by atoms with E-state index in [-0.39, 0.29) is 6.54 Å². The van der Waals surface area contributed by atoms with Crippen molar-refractivity contribution < 1.29 is 14.9 Å². The molecule has 0 aromatic heterocycles. The van der Waals surface area contributed by atoms with E-state index in [1.807, 2.05) is 0 Å². The van der Waals surface area contributed by atoms with E-state index in [2.05, 4.69) is 10.0 Å². The molecule has 0 spiro atoms. The van der Waals surface area contributed by atoms with Gasteiger partial charge < -0.3 is 14.9 Å². The van der Waals surface area contributed by atoms with Crippen LogP contribution in [0, 0.1) is 6.92 Å². The molecule has 1 aliphatic heterocycles. The Morgan fingerprint density at radius 1 is 1.50 bits per heavy atom. The van der Waals surface area contributed by atoms with E-state index >= 15 is 0 Å². The fourth-order valence-corrected chi connectivity index (χ4v) is 1.05. The molecular formula is C6H9N3O3. The van der Waals surface area contributed by atoms with Crippen molar-refractivity contribution in [1.82, 2.24) is 0 Å². The van der Waals surface area contributed by atoms with Crippen molar-refractivity contribution in [3.8, 4) is 0 Å². The summed E-state index contributed by atoms with van der Waals surface area (Å²) in [7, 11) is 0. The van der Waals surface area contributed by atoms with Crippen LogP contribution in [0.1, 0.15) is 0 Å². The molecule has 1 rings (SSSR count). The molecule has 4 atom stereocenters. The first-order valence-electron chi connectivity index (χ1n) is 3.45. The fourth-order valence-electron chi connectivity index (χ4n) is 1.05. The van der Waals surface area contributed by atoms with Gasteiger partial charge in [-0.15, -0.1) is 0 Å². The Balaban J connectivity index is 2.52. The molecule has 12 heavy (non-hydrogen) atoms. The van der Waals surface area contributed by atoms with E-state index in [4.69, 9.17) is 22.3 Å². The normalized spacial score (nSPS) is 40.9. The first kappa shape index (κ1) is 9.28. The monoisotopic (exact) mass is 171 g/mol. The molecule has 1 heterocycles. The van der Waals surface area contributed by atoms with Gasteiger partial charge in [0.1, 0.15) is 12.2 Å². The maximum atomic E-state index is 9.22. The quantitative estimate of drug-likeness (QED) is 0.332. The average Bonchev–Trinajstić information content (AvgIpc) is 2.30. The highest BCUT2D eigenvalue weighted by atomic mass is 16.5. The number of aliphatic hydroxyl groups excluding tert-OH is 2. The van der Waals surface area contributed by atoms with Crippen molar-refractivity contribution in [3.05, 3.63) is 17.4 Å². The summed E-state index contributed by atoms with van der Waals surface area (Å²) >= 11 is 0. The zero-order valence-corrected chi connectivity index (χ0v) is 6.24. The third-order valence-corrected chi connectivity index (χ3v) is 1.72. The van der Waals surface area contributed by atoms with Crippen LogP contribution in [-0.4, -0.2) is 41.2 Å². The Morgan fingerprint density at radius 2 is 2.17 bits per heavy atom. The van der Waals surface area contributed by atoms with E-state index in [0.29, 0.717) is 0 Å². The van der Waals surface area contributed by atoms with E-state index < -0.39 is 24.4 Å². The molecule has 6 heteroatoms. The van der Waals surface area contributed by atoms with Gasteiger partial charge in [0, 0.05) is 4.91 Å². The van der Waals surface area contributed by atoms with Gasteiger partial charge in [0.2, 0.25) is 0 Å². The van der Waals surface area contributed by atoms with E-state index in [1.54, 1.807) is 0 Å². The predicted octanol–water partition coefficient (Wildman–Crippen LogP) is -0.503. The SMILES string of the molecule is [CH][C@@H]1O[C@H](CN=[N+]=[N-])[C@H](O)C1O. The van der Waals surface area contributed by atoms with Crippen LogP contribution in [0.15, 0.2) is 5.11 Å². The molecule has 0 aromatic carbocycles. The van der Waals surface area contributed by atoms with E-state index in [1.165, 1.54) is 0 Å². The molecule has 0 saturated carbocycles. The lowest BCUT2D eigenvalue weighted by molar-refractivity contribution is 0.0265. The molecule has 0 aliphatic carbocycles. The van der Waals surface area contributed by atoms with Crippen LogP contribution in [0.4, 0.5) is 0 Å². The number of nitrogens with zero attached hydrogens (tertiary/aromatic N) is 3. The Hall–Kier alpha value is -0.810. The fraction of sp³-hybridized carbons (Fsp3) is 0.833. The standard InChI is InChI=1S/C6H9N3O3/c1-3-5(10)6(11)4(12-3)2-8-9-7/h1,3-6,10-11H,2H2/t3-,4+,5?,6-/m0/s1. The van der Waals surface area contributed by atoms with Crippen molar-refractivity contribution >= 4 is 0 Å². The number of hydrogen-bond donors (Lipinski definition) is 2. The van der Waals surface area contributed by atoms with E-state index in [9.17, 15) is 5.11 Å². The van der Waals surface area contributed by atoms with Crippen molar-refractivity contribution in [2.24, 2.45) is 5.11 Å². The Morgan fingerprint density at radius 3 is 2.58 bits per heavy atom. The second kappa shape index (κ2) is 3.73. The predicted molar refractivity (Wildman–Crippen MR) is 39.0 cm³/mol. The molecule has 0 bridgehead atoms. The minimum Gasteiger partial charge on any atom is -0.388 e. The third-order valence-electron chi connectivity index (χ3n) is 1.72. The maximum absolute atomic E-state index is 9.22. The zero-order chi connectivity index (χ0) is 9.14. The highest BCUT2D eigenvalue weighted by Crippen LogP contribution is 2.20. The summed E-state index contributed by atoms with van der Waals surface area (Å²) in [5, 5.41) is 21.5. The summed E-state index contributed by atoms with van der Waals surface area (Å²) in [5.74, 6) is 0. The van der Waals surface area contributed by atoms with Gasteiger partial charge in [0.05, 0.1) is 18.8 Å². The van der Waals surface area contributed by atoms with Crippen molar-refractivity contribution in [1.29, 1.82) is 0 Å². The molecule has 0 aromatic rings. The lowest BCUT2D eigenvalue weighted by atomic mass is 10.1. The number of azide groups is 1. The van der Waals surface area contributed by atoms with Crippen LogP contribution in [0.2, 0.25) is 0 Å². The second-order valence-electron chi connectivity index (χ2n) is 2.53. The number of hydrogen-bond acceptors (Lipinski definition) is 4. The Labute approximate surface area is 69.4 Å². The minimum atomic E-state index is -1.11. The van der Waals surface area contributed by atoms with Gasteiger partial charge in [0.25, 0.3) is 0 Å². The summed E-state index contributed by atoms with van der Waals surface area (Å²) in [4.78, 5) is 2.50. The molecular weight excluding hydrogens is 162 g/mol. The topological polar surface area (TPSA) is 98.5 Å². The molecule has 66 valence electrons. The van der Waals surface area contributed by atoms with Gasteiger partial charge >= 0.3 is 0 Å². The first-order chi connectivity index (χ1) is 5.66. The number of rotatable bonds is 2. The molecule has 1 fully saturated rings. The molecule has 1 unspecified atom stereocenters. The number of aliphatic hydroxyl groups is 2. The van der Waals surface area contributed by atoms with Crippen molar-refractivity contribution in [3.63, 3.8) is 0 Å². The average molecular weight is 171 g/mol. The van der Waals surface area contributed by atoms with Gasteiger partial charge in [-0.1, -0.05) is 5.11 Å². The molecule has 6 nitrogen and oxygen atoms in total. The molecule has 1 saturated heterocycles. The zero-order valence-electron chi connectivity index (χ0n) is 6.24. The van der Waals surface area contributed by atoms with Gasteiger partial charge in [-0.25, -0.2) is 0 Å². The van der Waals surface area contributed by atoms with Gasteiger partial charge in [-0.05, 0) is 12.5 Å². The van der Waals surface area contributed by atoms with Crippen LogP contribution in [0.25, 0.3) is 10.4 Å². The van der Waals surface area contributed by atoms with Crippen LogP contribution in [0.3, 0.4) is 0 Å².